The van der Waals surface area contributed by atoms with Crippen LogP contribution in [0.3, 0.4) is 0 Å². The molecule has 11 heteroatoms. The van der Waals surface area contributed by atoms with Gasteiger partial charge in [-0.25, -0.2) is 9.59 Å². The lowest BCUT2D eigenvalue weighted by Crippen LogP contribution is -2.46. The molecule has 3 rings (SSSR count). The van der Waals surface area contributed by atoms with Gasteiger partial charge in [-0.2, -0.15) is 0 Å². The van der Waals surface area contributed by atoms with Crippen LogP contribution in [0.5, 0.6) is 0 Å². The summed E-state index contributed by atoms with van der Waals surface area (Å²) in [6.45, 7) is 3.42. The maximum absolute atomic E-state index is 12.2. The van der Waals surface area contributed by atoms with Crippen molar-refractivity contribution in [3.8, 4) is 0 Å². The first kappa shape index (κ1) is 21.3. The topological polar surface area (TPSA) is 137 Å². The third-order valence-corrected chi connectivity index (χ3v) is 5.03. The quantitative estimate of drug-likeness (QED) is 0.534. The second kappa shape index (κ2) is 9.42. The number of amides is 2. The zero-order chi connectivity index (χ0) is 21.7. The first-order valence-corrected chi connectivity index (χ1v) is 9.88. The second-order valence-corrected chi connectivity index (χ2v) is 7.06. The molecule has 1 saturated heterocycles. The maximum Gasteiger partial charge on any atom is 0.419 e. The average molecular weight is 420 g/mol. The van der Waals surface area contributed by atoms with Gasteiger partial charge >= 0.3 is 11.8 Å². The molecule has 11 nitrogen and oxygen atoms in total. The fraction of sp³-hybridized carbons (Fsp3) is 0.526. The number of aryl methyl sites for hydroxylation is 1. The molecule has 30 heavy (non-hydrogen) atoms. The Morgan fingerprint density at radius 1 is 1.33 bits per heavy atom. The molecule has 162 valence electrons. The van der Waals surface area contributed by atoms with Crippen molar-refractivity contribution in [2.75, 3.05) is 19.7 Å². The van der Waals surface area contributed by atoms with Crippen molar-refractivity contribution < 1.29 is 23.7 Å². The molecule has 2 amide bonds. The van der Waals surface area contributed by atoms with E-state index in [1.807, 2.05) is 0 Å². The fourth-order valence-electron chi connectivity index (χ4n) is 3.50. The number of nitro groups is 1. The van der Waals surface area contributed by atoms with Gasteiger partial charge in [0.1, 0.15) is 0 Å². The second-order valence-electron chi connectivity index (χ2n) is 7.06. The highest BCUT2D eigenvalue weighted by atomic mass is 16.6. The summed E-state index contributed by atoms with van der Waals surface area (Å²) in [5.41, 5.74) is 0.445. The molecular formula is C19H24N4O7. The van der Waals surface area contributed by atoms with Gasteiger partial charge in [0.05, 0.1) is 23.1 Å². The number of carbonyl (C=O) groups is 2. The normalized spacial score (nSPS) is 14.6. The molecule has 1 aliphatic heterocycles. The van der Waals surface area contributed by atoms with Crippen molar-refractivity contribution in [1.29, 1.82) is 0 Å². The van der Waals surface area contributed by atoms with Gasteiger partial charge in [-0.05, 0) is 32.3 Å². The first-order valence-electron chi connectivity index (χ1n) is 9.88. The number of piperidine rings is 1. The highest BCUT2D eigenvalue weighted by Crippen LogP contribution is 2.20. The fourth-order valence-corrected chi connectivity index (χ4v) is 3.50. The summed E-state index contributed by atoms with van der Waals surface area (Å²) in [7, 11) is 0. The summed E-state index contributed by atoms with van der Waals surface area (Å²) in [6, 6.07) is 3.99. The highest BCUT2D eigenvalue weighted by molar-refractivity contribution is 5.77. The zero-order valence-corrected chi connectivity index (χ0v) is 16.7. The van der Waals surface area contributed by atoms with Crippen LogP contribution in [0.2, 0.25) is 0 Å². The molecule has 0 unspecified atom stereocenters. The Balaban J connectivity index is 1.47. The van der Waals surface area contributed by atoms with Gasteiger partial charge < -0.3 is 19.4 Å². The molecule has 0 bridgehead atoms. The van der Waals surface area contributed by atoms with Crippen LogP contribution in [-0.4, -0.2) is 52.1 Å². The number of carbonyl (C=O) groups excluding carboxylic acids is 2. The summed E-state index contributed by atoms with van der Waals surface area (Å²) in [5.74, 6) is -0.738. The predicted octanol–water partition coefficient (Wildman–Crippen LogP) is 2.02. The number of oxazole rings is 1. The highest BCUT2D eigenvalue weighted by Gasteiger charge is 2.24. The maximum atomic E-state index is 12.2. The van der Waals surface area contributed by atoms with Crippen LogP contribution in [0.4, 0.5) is 10.5 Å². The van der Waals surface area contributed by atoms with Crippen LogP contribution in [0, 0.1) is 10.1 Å². The average Bonchev–Trinajstić information content (AvgIpc) is 3.03. The summed E-state index contributed by atoms with van der Waals surface area (Å²) >= 11 is 0. The smallest absolute Gasteiger partial charge is 0.419 e. The Kier molecular flexibility index (Phi) is 6.70. The summed E-state index contributed by atoms with van der Waals surface area (Å²) in [4.78, 5) is 47.9. The van der Waals surface area contributed by atoms with Crippen LogP contribution in [0.25, 0.3) is 11.1 Å². The van der Waals surface area contributed by atoms with E-state index < -0.39 is 10.7 Å². The van der Waals surface area contributed by atoms with Gasteiger partial charge in [0.2, 0.25) is 5.91 Å². The lowest BCUT2D eigenvalue weighted by molar-refractivity contribution is -0.384. The molecule has 0 saturated carbocycles. The van der Waals surface area contributed by atoms with Gasteiger partial charge in [-0.1, -0.05) is 0 Å². The van der Waals surface area contributed by atoms with Crippen LogP contribution in [0.15, 0.2) is 27.4 Å². The molecule has 0 atom stereocenters. The standard InChI is InChI=1S/C19H24N4O7/c1-2-29-18(25)21-10-7-13(8-11-21)20-17(24)4-3-9-22-15-6-5-14(23(27)28)12-16(15)30-19(22)26/h5-6,12-13H,2-4,7-11H2,1H3,(H,20,24). The Bertz CT molecular complexity index is 988. The van der Waals surface area contributed by atoms with Gasteiger partial charge in [-0.3, -0.25) is 19.5 Å². The number of hydrogen-bond acceptors (Lipinski definition) is 7. The summed E-state index contributed by atoms with van der Waals surface area (Å²) in [5, 5.41) is 13.8. The van der Waals surface area contributed by atoms with Crippen molar-refractivity contribution in [1.82, 2.24) is 14.8 Å². The molecule has 1 aromatic heterocycles. The Morgan fingerprint density at radius 2 is 2.07 bits per heavy atom. The summed E-state index contributed by atoms with van der Waals surface area (Å²) in [6.07, 6.45) is 1.64. The minimum atomic E-state index is -0.614. The third-order valence-electron chi connectivity index (χ3n) is 5.03. The number of nitro benzene ring substituents is 1. The minimum absolute atomic E-state index is 0.00111. The summed E-state index contributed by atoms with van der Waals surface area (Å²) < 4.78 is 11.4. The number of nitrogens with one attached hydrogen (secondary N) is 1. The van der Waals surface area contributed by atoms with E-state index >= 15 is 0 Å². The molecule has 2 heterocycles. The molecule has 1 aromatic carbocycles. The van der Waals surface area contributed by atoms with Crippen LogP contribution < -0.4 is 11.1 Å². The van der Waals surface area contributed by atoms with E-state index in [1.54, 1.807) is 11.8 Å². The van der Waals surface area contributed by atoms with E-state index in [1.165, 1.54) is 22.8 Å². The zero-order valence-electron chi connectivity index (χ0n) is 16.7. The number of fused-ring (bicyclic) bond motifs is 1. The van der Waals surface area contributed by atoms with Gasteiger partial charge in [0.25, 0.3) is 5.69 Å². The predicted molar refractivity (Wildman–Crippen MR) is 106 cm³/mol. The van der Waals surface area contributed by atoms with Crippen molar-refractivity contribution in [3.05, 3.63) is 38.9 Å². The number of likely N-dealkylation sites (tertiary alicyclic amines) is 1. The molecule has 0 radical (unpaired) electrons. The van der Waals surface area contributed by atoms with Gasteiger partial charge in [0.15, 0.2) is 5.58 Å². The number of benzene rings is 1. The molecule has 0 aliphatic carbocycles. The van der Waals surface area contributed by atoms with E-state index in [0.29, 0.717) is 44.5 Å². The number of hydrogen-bond donors (Lipinski definition) is 1. The molecule has 0 spiro atoms. The van der Waals surface area contributed by atoms with Crippen LogP contribution >= 0.6 is 0 Å². The Hall–Kier alpha value is -3.37. The number of rotatable bonds is 7. The Labute approximate surface area is 171 Å². The van der Waals surface area contributed by atoms with Gasteiger partial charge in [-0.15, -0.1) is 0 Å². The van der Waals surface area contributed by atoms with Crippen molar-refractivity contribution in [2.45, 2.75) is 45.2 Å². The van der Waals surface area contributed by atoms with Crippen molar-refractivity contribution >= 4 is 28.8 Å². The number of non-ortho nitro benzene ring substituents is 1. The molecule has 2 aromatic rings. The SMILES string of the molecule is CCOC(=O)N1CCC(NC(=O)CCCn2c(=O)oc3cc([N+](=O)[O-])ccc32)CC1. The Morgan fingerprint density at radius 3 is 2.73 bits per heavy atom. The van der Waals surface area contributed by atoms with E-state index in [0.717, 1.165) is 0 Å². The van der Waals surface area contributed by atoms with Crippen molar-refractivity contribution in [2.24, 2.45) is 0 Å². The van der Waals surface area contributed by atoms with Crippen LogP contribution in [-0.2, 0) is 16.1 Å². The number of nitrogens with zero attached hydrogens (tertiary/aromatic N) is 3. The third kappa shape index (κ3) is 4.97. The van der Waals surface area contributed by atoms with E-state index in [-0.39, 0.29) is 42.3 Å². The number of aromatic nitrogens is 1. The largest absolute Gasteiger partial charge is 0.450 e. The van der Waals surface area contributed by atoms with Gasteiger partial charge in [0, 0.05) is 38.2 Å². The minimum Gasteiger partial charge on any atom is -0.450 e. The number of ether oxygens (including phenoxy) is 1. The van der Waals surface area contributed by atoms with Crippen molar-refractivity contribution in [3.63, 3.8) is 0 Å². The molecular weight excluding hydrogens is 396 g/mol. The molecule has 1 aliphatic rings. The van der Waals surface area contributed by atoms with E-state index in [4.69, 9.17) is 9.15 Å². The first-order chi connectivity index (χ1) is 14.4. The van der Waals surface area contributed by atoms with E-state index in [9.17, 15) is 24.5 Å². The molecule has 1 fully saturated rings. The lowest BCUT2D eigenvalue weighted by Gasteiger charge is -2.31. The lowest BCUT2D eigenvalue weighted by atomic mass is 10.1. The van der Waals surface area contributed by atoms with E-state index in [2.05, 4.69) is 5.32 Å². The monoisotopic (exact) mass is 420 g/mol. The molecule has 1 N–H and O–H groups in total. The van der Waals surface area contributed by atoms with Crippen LogP contribution in [0.1, 0.15) is 32.6 Å².